The second-order valence-electron chi connectivity index (χ2n) is 4.25. The molecule has 1 aliphatic heterocycles. The van der Waals surface area contributed by atoms with E-state index in [1.54, 1.807) is 6.07 Å². The van der Waals surface area contributed by atoms with Crippen molar-refractivity contribution < 1.29 is 4.39 Å². The Labute approximate surface area is 108 Å². The zero-order valence-corrected chi connectivity index (χ0v) is 10.7. The highest BCUT2D eigenvalue weighted by Gasteiger charge is 2.21. The number of nitrogens with one attached hydrogen (secondary N) is 1. The number of hydrogen-bond acceptors (Lipinski definition) is 1. The minimum atomic E-state index is -0.165. The molecule has 0 radical (unpaired) electrons. The van der Waals surface area contributed by atoms with Crippen molar-refractivity contribution in [1.29, 1.82) is 0 Å². The largest absolute Gasteiger partial charge is 0.378 e. The maximum absolute atomic E-state index is 13.1. The summed E-state index contributed by atoms with van der Waals surface area (Å²) < 4.78 is 14.2. The van der Waals surface area contributed by atoms with Gasteiger partial charge in [0.2, 0.25) is 0 Å². The van der Waals surface area contributed by atoms with E-state index in [-0.39, 0.29) is 11.9 Å². The van der Waals surface area contributed by atoms with Gasteiger partial charge in [0.15, 0.2) is 0 Å². The van der Waals surface area contributed by atoms with Gasteiger partial charge in [-0.05, 0) is 47.9 Å². The lowest BCUT2D eigenvalue weighted by atomic mass is 10.0. The van der Waals surface area contributed by atoms with Crippen LogP contribution in [0.2, 0.25) is 0 Å². The molecule has 3 rings (SSSR count). The van der Waals surface area contributed by atoms with Crippen LogP contribution in [-0.2, 0) is 6.42 Å². The van der Waals surface area contributed by atoms with Gasteiger partial charge >= 0.3 is 0 Å². The van der Waals surface area contributed by atoms with E-state index in [1.165, 1.54) is 11.6 Å². The zero-order valence-electron chi connectivity index (χ0n) is 9.08. The van der Waals surface area contributed by atoms with Crippen LogP contribution in [0.15, 0.2) is 46.9 Å². The number of anilines is 1. The lowest BCUT2D eigenvalue weighted by Gasteiger charge is -2.11. The fraction of sp³-hybridized carbons (Fsp3) is 0.143. The van der Waals surface area contributed by atoms with Crippen molar-refractivity contribution in [2.45, 2.75) is 12.5 Å². The van der Waals surface area contributed by atoms with Crippen LogP contribution in [0.4, 0.5) is 10.1 Å². The Morgan fingerprint density at radius 3 is 2.65 bits per heavy atom. The second-order valence-corrected chi connectivity index (χ2v) is 5.17. The molecule has 0 aromatic heterocycles. The van der Waals surface area contributed by atoms with E-state index in [1.807, 2.05) is 18.2 Å². The average molecular weight is 292 g/mol. The maximum atomic E-state index is 13.1. The minimum Gasteiger partial charge on any atom is -0.378 e. The van der Waals surface area contributed by atoms with E-state index in [2.05, 4.69) is 33.4 Å². The van der Waals surface area contributed by atoms with Crippen LogP contribution < -0.4 is 5.32 Å². The molecule has 0 spiro atoms. The molecule has 0 bridgehead atoms. The van der Waals surface area contributed by atoms with E-state index in [9.17, 15) is 4.39 Å². The lowest BCUT2D eigenvalue weighted by Crippen LogP contribution is -2.05. The van der Waals surface area contributed by atoms with E-state index < -0.39 is 0 Å². The third-order valence-electron chi connectivity index (χ3n) is 3.09. The Balaban J connectivity index is 1.88. The van der Waals surface area contributed by atoms with Crippen molar-refractivity contribution in [3.63, 3.8) is 0 Å². The van der Waals surface area contributed by atoms with Crippen LogP contribution >= 0.6 is 15.9 Å². The van der Waals surface area contributed by atoms with Crippen LogP contribution in [0, 0.1) is 5.82 Å². The third-order valence-corrected chi connectivity index (χ3v) is 3.62. The predicted octanol–water partition coefficient (Wildman–Crippen LogP) is 4.30. The van der Waals surface area contributed by atoms with Crippen LogP contribution in [0.1, 0.15) is 17.2 Å². The summed E-state index contributed by atoms with van der Waals surface area (Å²) in [6.45, 7) is 0. The molecule has 1 heterocycles. The first kappa shape index (κ1) is 10.8. The van der Waals surface area contributed by atoms with Crippen LogP contribution in [-0.4, -0.2) is 0 Å². The quantitative estimate of drug-likeness (QED) is 0.826. The molecule has 0 aliphatic carbocycles. The van der Waals surface area contributed by atoms with Crippen LogP contribution in [0.5, 0.6) is 0 Å². The summed E-state index contributed by atoms with van der Waals surface area (Å²) in [5.74, 6) is -0.165. The number of benzene rings is 2. The fourth-order valence-corrected chi connectivity index (χ4v) is 2.49. The van der Waals surface area contributed by atoms with Crippen molar-refractivity contribution in [2.24, 2.45) is 0 Å². The molecule has 17 heavy (non-hydrogen) atoms. The minimum absolute atomic E-state index is 0.165. The molecule has 1 atom stereocenters. The SMILES string of the molecule is Fc1ccc2c(c1)CC(c1ccc(Br)cc1)N2. The highest BCUT2D eigenvalue weighted by atomic mass is 79.9. The van der Waals surface area contributed by atoms with E-state index in [0.717, 1.165) is 22.1 Å². The Morgan fingerprint density at radius 2 is 1.88 bits per heavy atom. The van der Waals surface area contributed by atoms with Crippen molar-refractivity contribution >= 4 is 21.6 Å². The van der Waals surface area contributed by atoms with Crippen LogP contribution in [0.25, 0.3) is 0 Å². The third kappa shape index (κ3) is 2.07. The number of hydrogen-bond donors (Lipinski definition) is 1. The monoisotopic (exact) mass is 291 g/mol. The van der Waals surface area contributed by atoms with Gasteiger partial charge in [0.25, 0.3) is 0 Å². The summed E-state index contributed by atoms with van der Waals surface area (Å²) in [5, 5.41) is 3.42. The maximum Gasteiger partial charge on any atom is 0.123 e. The normalized spacial score (nSPS) is 17.6. The van der Waals surface area contributed by atoms with Crippen molar-refractivity contribution in [3.8, 4) is 0 Å². The number of halogens is 2. The molecule has 3 heteroatoms. The molecular formula is C14H11BrFN. The Morgan fingerprint density at radius 1 is 1.12 bits per heavy atom. The van der Waals surface area contributed by atoms with Crippen molar-refractivity contribution in [2.75, 3.05) is 5.32 Å². The van der Waals surface area contributed by atoms with Gasteiger partial charge in [0.05, 0.1) is 6.04 Å². The first-order valence-corrected chi connectivity index (χ1v) is 6.32. The molecular weight excluding hydrogens is 281 g/mol. The standard InChI is InChI=1S/C14H11BrFN/c15-11-3-1-9(2-4-11)14-8-10-7-12(16)5-6-13(10)17-14/h1-7,14,17H,8H2. The highest BCUT2D eigenvalue weighted by Crippen LogP contribution is 2.34. The molecule has 1 unspecified atom stereocenters. The summed E-state index contributed by atoms with van der Waals surface area (Å²) in [6, 6.07) is 13.4. The fourth-order valence-electron chi connectivity index (χ4n) is 2.23. The molecule has 1 N–H and O–H groups in total. The first-order chi connectivity index (χ1) is 8.22. The Hall–Kier alpha value is -1.35. The van der Waals surface area contributed by atoms with Gasteiger partial charge in [0.1, 0.15) is 5.82 Å². The summed E-state index contributed by atoms with van der Waals surface area (Å²) in [5.41, 5.74) is 3.32. The van der Waals surface area contributed by atoms with Gasteiger partial charge in [0, 0.05) is 10.2 Å². The summed E-state index contributed by atoms with van der Waals surface area (Å²) in [7, 11) is 0. The van der Waals surface area contributed by atoms with Crippen molar-refractivity contribution in [1.82, 2.24) is 0 Å². The van der Waals surface area contributed by atoms with Gasteiger partial charge in [-0.2, -0.15) is 0 Å². The topological polar surface area (TPSA) is 12.0 Å². The molecule has 1 aliphatic rings. The van der Waals surface area contributed by atoms with Crippen molar-refractivity contribution in [3.05, 3.63) is 63.9 Å². The van der Waals surface area contributed by atoms with Crippen LogP contribution in [0.3, 0.4) is 0 Å². The van der Waals surface area contributed by atoms with E-state index >= 15 is 0 Å². The van der Waals surface area contributed by atoms with Gasteiger partial charge < -0.3 is 5.32 Å². The molecule has 2 aromatic carbocycles. The lowest BCUT2D eigenvalue weighted by molar-refractivity contribution is 0.626. The van der Waals surface area contributed by atoms with Gasteiger partial charge in [-0.1, -0.05) is 28.1 Å². The molecule has 2 aromatic rings. The summed E-state index contributed by atoms with van der Waals surface area (Å²) >= 11 is 3.42. The average Bonchev–Trinajstić information content (AvgIpc) is 2.72. The van der Waals surface area contributed by atoms with E-state index in [4.69, 9.17) is 0 Å². The predicted molar refractivity (Wildman–Crippen MR) is 70.6 cm³/mol. The highest BCUT2D eigenvalue weighted by molar-refractivity contribution is 9.10. The number of fused-ring (bicyclic) bond motifs is 1. The number of rotatable bonds is 1. The smallest absolute Gasteiger partial charge is 0.123 e. The van der Waals surface area contributed by atoms with Gasteiger partial charge in [-0.25, -0.2) is 4.39 Å². The molecule has 0 fully saturated rings. The summed E-state index contributed by atoms with van der Waals surface area (Å²) in [4.78, 5) is 0. The second kappa shape index (κ2) is 4.15. The van der Waals surface area contributed by atoms with Gasteiger partial charge in [-0.3, -0.25) is 0 Å². The van der Waals surface area contributed by atoms with E-state index in [0.29, 0.717) is 0 Å². The molecule has 86 valence electrons. The van der Waals surface area contributed by atoms with Gasteiger partial charge in [-0.15, -0.1) is 0 Å². The Bertz CT molecular complexity index is 551. The molecule has 0 amide bonds. The molecule has 0 saturated carbocycles. The first-order valence-electron chi connectivity index (χ1n) is 5.53. The zero-order chi connectivity index (χ0) is 11.8. The molecule has 1 nitrogen and oxygen atoms in total. The Kier molecular flexibility index (Phi) is 2.63. The molecule has 0 saturated heterocycles. The summed E-state index contributed by atoms with van der Waals surface area (Å²) in [6.07, 6.45) is 0.842.